The molecule has 0 radical (unpaired) electrons. The van der Waals surface area contributed by atoms with Gasteiger partial charge in [0.25, 0.3) is 0 Å². The van der Waals surface area contributed by atoms with Gasteiger partial charge in [0, 0.05) is 29.9 Å². The van der Waals surface area contributed by atoms with Crippen LogP contribution in [0.4, 0.5) is 0 Å². The molecule has 2 nitrogen and oxygen atoms in total. The monoisotopic (exact) mass is 240 g/mol. The van der Waals surface area contributed by atoms with Gasteiger partial charge in [0.1, 0.15) is 0 Å². The van der Waals surface area contributed by atoms with Crippen LogP contribution in [0.1, 0.15) is 38.5 Å². The molecule has 3 aliphatic heterocycles. The Kier molecular flexibility index (Phi) is 3.46. The lowest BCUT2D eigenvalue weighted by molar-refractivity contribution is 0.0465. The highest BCUT2D eigenvalue weighted by Crippen LogP contribution is 2.33. The molecule has 0 aliphatic carbocycles. The molecule has 0 aromatic carbocycles. The topological polar surface area (TPSA) is 15.3 Å². The zero-order valence-electron chi connectivity index (χ0n) is 10.3. The Bertz CT molecular complexity index is 223. The van der Waals surface area contributed by atoms with Gasteiger partial charge in [-0.05, 0) is 44.9 Å². The van der Waals surface area contributed by atoms with E-state index in [1.807, 2.05) is 0 Å². The van der Waals surface area contributed by atoms with Crippen molar-refractivity contribution < 1.29 is 0 Å². The molecule has 0 spiro atoms. The van der Waals surface area contributed by atoms with E-state index in [0.29, 0.717) is 0 Å². The number of thioether (sulfide) groups is 1. The predicted octanol–water partition coefficient (Wildman–Crippen LogP) is 2.10. The Labute approximate surface area is 104 Å². The molecule has 3 aliphatic rings. The average molecular weight is 240 g/mol. The number of fused-ring (bicyclic) bond motifs is 2. The molecule has 3 saturated heterocycles. The second-order valence-corrected chi connectivity index (χ2v) is 6.95. The molecule has 0 aromatic rings. The smallest absolute Gasteiger partial charge is 0.0168 e. The predicted molar refractivity (Wildman–Crippen MR) is 71.1 cm³/mol. The summed E-state index contributed by atoms with van der Waals surface area (Å²) < 4.78 is 0. The fraction of sp³-hybridized carbons (Fsp3) is 1.00. The molecular formula is C13H24N2S. The fourth-order valence-corrected chi connectivity index (χ4v) is 4.92. The number of rotatable bonds is 2. The van der Waals surface area contributed by atoms with Crippen molar-refractivity contribution in [3.8, 4) is 0 Å². The molecule has 3 heteroatoms. The quantitative estimate of drug-likeness (QED) is 0.796. The highest BCUT2D eigenvalue weighted by molar-refractivity contribution is 7.99. The Morgan fingerprint density at radius 2 is 1.81 bits per heavy atom. The van der Waals surface area contributed by atoms with Gasteiger partial charge in [-0.3, -0.25) is 0 Å². The van der Waals surface area contributed by atoms with Gasteiger partial charge in [0.2, 0.25) is 0 Å². The maximum Gasteiger partial charge on any atom is 0.0168 e. The Balaban J connectivity index is 1.57. The van der Waals surface area contributed by atoms with Crippen LogP contribution in [0.2, 0.25) is 0 Å². The maximum absolute atomic E-state index is 3.92. The summed E-state index contributed by atoms with van der Waals surface area (Å²) in [5, 5.41) is 3.92. The van der Waals surface area contributed by atoms with Crippen molar-refractivity contribution in [1.82, 2.24) is 10.2 Å². The van der Waals surface area contributed by atoms with Crippen molar-refractivity contribution in [2.75, 3.05) is 18.6 Å². The molecule has 1 N–H and O–H groups in total. The van der Waals surface area contributed by atoms with Crippen molar-refractivity contribution in [3.05, 3.63) is 0 Å². The summed E-state index contributed by atoms with van der Waals surface area (Å²) in [5.74, 6) is 2.72. The van der Waals surface area contributed by atoms with E-state index in [2.05, 4.69) is 29.0 Å². The van der Waals surface area contributed by atoms with Crippen LogP contribution >= 0.6 is 11.8 Å². The van der Waals surface area contributed by atoms with Crippen LogP contribution in [0.3, 0.4) is 0 Å². The first-order valence-electron chi connectivity index (χ1n) is 6.88. The number of nitrogens with one attached hydrogen (secondary N) is 1. The van der Waals surface area contributed by atoms with Gasteiger partial charge in [0.15, 0.2) is 0 Å². The minimum atomic E-state index is 0.815. The summed E-state index contributed by atoms with van der Waals surface area (Å²) in [6.07, 6.45) is 8.52. The summed E-state index contributed by atoms with van der Waals surface area (Å²) in [5.41, 5.74) is 0. The normalized spacial score (nSPS) is 44.8. The van der Waals surface area contributed by atoms with Crippen LogP contribution in [0, 0.1) is 0 Å². The van der Waals surface area contributed by atoms with Gasteiger partial charge in [0.05, 0.1) is 0 Å². The van der Waals surface area contributed by atoms with E-state index in [1.54, 1.807) is 0 Å². The molecule has 3 fully saturated rings. The number of hydrogen-bond acceptors (Lipinski definition) is 3. The zero-order valence-corrected chi connectivity index (χ0v) is 11.1. The molecule has 0 amide bonds. The maximum atomic E-state index is 3.92. The molecular weight excluding hydrogens is 216 g/mol. The molecule has 3 unspecified atom stereocenters. The highest BCUT2D eigenvalue weighted by atomic mass is 32.2. The molecule has 3 heterocycles. The summed E-state index contributed by atoms with van der Waals surface area (Å²) in [7, 11) is 2.34. The van der Waals surface area contributed by atoms with Gasteiger partial charge < -0.3 is 10.2 Å². The molecule has 3 rings (SSSR count). The van der Waals surface area contributed by atoms with Crippen LogP contribution in [0.15, 0.2) is 0 Å². The first-order valence-corrected chi connectivity index (χ1v) is 8.04. The summed E-state index contributed by atoms with van der Waals surface area (Å²) >= 11 is 2.12. The first-order chi connectivity index (χ1) is 7.83. The first kappa shape index (κ1) is 11.4. The third kappa shape index (κ3) is 2.27. The Hall–Kier alpha value is 0.270. The van der Waals surface area contributed by atoms with Gasteiger partial charge in [-0.15, -0.1) is 0 Å². The lowest BCUT2D eigenvalue weighted by Crippen LogP contribution is -2.55. The van der Waals surface area contributed by atoms with Crippen LogP contribution in [0.5, 0.6) is 0 Å². The average Bonchev–Trinajstić information content (AvgIpc) is 2.72. The fourth-order valence-electron chi connectivity index (χ4n) is 3.75. The van der Waals surface area contributed by atoms with Crippen molar-refractivity contribution >= 4 is 11.8 Å². The van der Waals surface area contributed by atoms with E-state index in [1.165, 1.54) is 50.0 Å². The minimum Gasteiger partial charge on any atom is -0.310 e. The molecule has 0 aromatic heterocycles. The third-order valence-electron chi connectivity index (χ3n) is 4.74. The largest absolute Gasteiger partial charge is 0.310 e. The summed E-state index contributed by atoms with van der Waals surface area (Å²) in [6.45, 7) is 0. The van der Waals surface area contributed by atoms with Crippen LogP contribution < -0.4 is 5.32 Å². The standard InChI is InChI=1S/C13H24N2S/c1-15-12-3-2-4-13(15)8-11(7-12)14-10-5-6-16-9-10/h10-14H,2-9H2,1H3. The van der Waals surface area contributed by atoms with E-state index in [0.717, 1.165) is 24.2 Å². The Morgan fingerprint density at radius 1 is 1.06 bits per heavy atom. The van der Waals surface area contributed by atoms with Crippen LogP contribution in [-0.2, 0) is 0 Å². The number of hydrogen-bond donors (Lipinski definition) is 1. The van der Waals surface area contributed by atoms with Gasteiger partial charge in [-0.25, -0.2) is 0 Å². The lowest BCUT2D eigenvalue weighted by Gasteiger charge is -2.47. The van der Waals surface area contributed by atoms with Gasteiger partial charge in [-0.1, -0.05) is 6.42 Å². The van der Waals surface area contributed by atoms with Crippen molar-refractivity contribution in [1.29, 1.82) is 0 Å². The summed E-state index contributed by atoms with van der Waals surface area (Å²) in [6, 6.07) is 3.38. The highest BCUT2D eigenvalue weighted by Gasteiger charge is 2.36. The van der Waals surface area contributed by atoms with Crippen LogP contribution in [-0.4, -0.2) is 47.6 Å². The van der Waals surface area contributed by atoms with E-state index in [-0.39, 0.29) is 0 Å². The van der Waals surface area contributed by atoms with Gasteiger partial charge >= 0.3 is 0 Å². The number of nitrogens with zero attached hydrogens (tertiary/aromatic N) is 1. The van der Waals surface area contributed by atoms with E-state index in [4.69, 9.17) is 0 Å². The van der Waals surface area contributed by atoms with E-state index < -0.39 is 0 Å². The summed E-state index contributed by atoms with van der Waals surface area (Å²) in [4.78, 5) is 2.66. The zero-order chi connectivity index (χ0) is 11.0. The molecule has 16 heavy (non-hydrogen) atoms. The second kappa shape index (κ2) is 4.87. The SMILES string of the molecule is CN1C2CCCC1CC(NC1CCSC1)C2. The third-order valence-corrected chi connectivity index (χ3v) is 5.90. The minimum absolute atomic E-state index is 0.815. The van der Waals surface area contributed by atoms with Crippen LogP contribution in [0.25, 0.3) is 0 Å². The Morgan fingerprint density at radius 3 is 2.44 bits per heavy atom. The van der Waals surface area contributed by atoms with Crippen molar-refractivity contribution in [2.45, 2.75) is 62.7 Å². The molecule has 3 atom stereocenters. The lowest BCUT2D eigenvalue weighted by atomic mass is 9.82. The van der Waals surface area contributed by atoms with Gasteiger partial charge in [-0.2, -0.15) is 11.8 Å². The molecule has 92 valence electrons. The molecule has 0 saturated carbocycles. The van der Waals surface area contributed by atoms with Crippen molar-refractivity contribution in [3.63, 3.8) is 0 Å². The second-order valence-electron chi connectivity index (χ2n) is 5.80. The number of piperidine rings is 2. The van der Waals surface area contributed by atoms with E-state index >= 15 is 0 Å². The molecule has 2 bridgehead atoms. The van der Waals surface area contributed by atoms with E-state index in [9.17, 15) is 0 Å². The van der Waals surface area contributed by atoms with Crippen molar-refractivity contribution in [2.24, 2.45) is 0 Å².